The molecule has 116 valence electrons. The molecular formula is C15H22O5P+. The van der Waals surface area contributed by atoms with Gasteiger partial charge in [0.1, 0.15) is 5.75 Å². The van der Waals surface area contributed by atoms with Gasteiger partial charge in [0.25, 0.3) is 0 Å². The van der Waals surface area contributed by atoms with Crippen molar-refractivity contribution in [3.8, 4) is 5.75 Å². The van der Waals surface area contributed by atoms with Crippen LogP contribution in [0.2, 0.25) is 0 Å². The molecule has 2 unspecified atom stereocenters. The molecule has 0 radical (unpaired) electrons. The Morgan fingerprint density at radius 3 is 2.33 bits per heavy atom. The summed E-state index contributed by atoms with van der Waals surface area (Å²) in [6, 6.07) is 3.91. The van der Waals surface area contributed by atoms with Crippen molar-refractivity contribution in [2.24, 2.45) is 0 Å². The number of carbonyl (C=O) groups is 1. The lowest BCUT2D eigenvalue weighted by atomic mass is 9.84. The third-order valence-corrected chi connectivity index (χ3v) is 3.51. The summed E-state index contributed by atoms with van der Waals surface area (Å²) in [7, 11) is -2.84. The molecule has 6 heteroatoms. The molecule has 21 heavy (non-hydrogen) atoms. The largest absolute Gasteiger partial charge is 0.695 e. The van der Waals surface area contributed by atoms with Gasteiger partial charge in [-0.1, -0.05) is 38.5 Å². The third kappa shape index (κ3) is 4.88. The van der Waals surface area contributed by atoms with Gasteiger partial charge in [0, 0.05) is 10.1 Å². The highest BCUT2D eigenvalue weighted by Gasteiger charge is 2.29. The van der Waals surface area contributed by atoms with Crippen molar-refractivity contribution in [2.45, 2.75) is 53.1 Å². The van der Waals surface area contributed by atoms with Crippen LogP contribution in [0.25, 0.3) is 0 Å². The summed E-state index contributed by atoms with van der Waals surface area (Å²) in [4.78, 5) is 20.7. The molecule has 0 aliphatic rings. The zero-order valence-electron chi connectivity index (χ0n) is 13.3. The number of carbonyl (C=O) groups excluding carboxylic acids is 1. The van der Waals surface area contributed by atoms with Gasteiger partial charge >= 0.3 is 14.2 Å². The zero-order chi connectivity index (χ0) is 16.4. The van der Waals surface area contributed by atoms with Crippen LogP contribution in [-0.4, -0.2) is 17.0 Å². The Morgan fingerprint density at radius 1 is 1.29 bits per heavy atom. The Hall–Kier alpha value is -1.29. The molecule has 0 fully saturated rings. The maximum Gasteiger partial charge on any atom is 0.695 e. The summed E-state index contributed by atoms with van der Waals surface area (Å²) in [5, 5.41) is 0. The van der Waals surface area contributed by atoms with E-state index in [1.54, 1.807) is 0 Å². The summed E-state index contributed by atoms with van der Waals surface area (Å²) in [5.74, 6) is -0.202. The first kappa shape index (κ1) is 17.8. The van der Waals surface area contributed by atoms with Crippen molar-refractivity contribution in [1.82, 2.24) is 0 Å². The maximum absolute atomic E-state index is 12.0. The molecule has 1 N–H and O–H groups in total. The fraction of sp³-hybridized carbons (Fsp3) is 0.533. The van der Waals surface area contributed by atoms with Crippen molar-refractivity contribution < 1.29 is 23.5 Å². The number of ether oxygens (including phenoxy) is 1. The van der Waals surface area contributed by atoms with Gasteiger partial charge in [0.2, 0.25) is 6.10 Å². The lowest BCUT2D eigenvalue weighted by Gasteiger charge is -2.24. The number of aryl methyl sites for hydroxylation is 2. The predicted molar refractivity (Wildman–Crippen MR) is 80.6 cm³/mol. The smallest absolute Gasteiger partial charge is 0.424 e. The minimum Gasteiger partial charge on any atom is -0.424 e. The maximum atomic E-state index is 12.0. The van der Waals surface area contributed by atoms with Gasteiger partial charge in [-0.05, 0) is 31.7 Å². The Kier molecular flexibility index (Phi) is 5.62. The van der Waals surface area contributed by atoms with Gasteiger partial charge < -0.3 is 4.74 Å². The summed E-state index contributed by atoms with van der Waals surface area (Å²) in [6.45, 7) is 11.3. The summed E-state index contributed by atoms with van der Waals surface area (Å²) < 4.78 is 20.6. The molecule has 2 atom stereocenters. The van der Waals surface area contributed by atoms with Crippen molar-refractivity contribution in [2.75, 3.05) is 0 Å². The minimum atomic E-state index is -2.84. The van der Waals surface area contributed by atoms with E-state index in [-0.39, 0.29) is 5.41 Å². The number of esters is 1. The Labute approximate surface area is 126 Å². The van der Waals surface area contributed by atoms with E-state index in [2.05, 4.69) is 4.52 Å². The Bertz CT molecular complexity index is 560. The minimum absolute atomic E-state index is 0.196. The standard InChI is InChI=1S/C15H21O5P/c1-9-7-10(2)13(12(8-9)15(4,5)6)19-14(16)11(3)20-21(17)18/h7-8,11H,1-6H3/p+1. The quantitative estimate of drug-likeness (QED) is 0.523. The fourth-order valence-electron chi connectivity index (χ4n) is 2.01. The molecule has 0 spiro atoms. The molecule has 0 amide bonds. The molecule has 1 aromatic rings. The van der Waals surface area contributed by atoms with Crippen LogP contribution < -0.4 is 4.74 Å². The lowest BCUT2D eigenvalue weighted by molar-refractivity contribution is -0.141. The molecule has 0 aliphatic carbocycles. The van der Waals surface area contributed by atoms with Crippen LogP contribution in [0.15, 0.2) is 12.1 Å². The zero-order valence-corrected chi connectivity index (χ0v) is 14.2. The van der Waals surface area contributed by atoms with Crippen LogP contribution in [0.4, 0.5) is 0 Å². The van der Waals surface area contributed by atoms with Crippen LogP contribution in [0, 0.1) is 13.8 Å². The summed E-state index contributed by atoms with van der Waals surface area (Å²) in [6.07, 6.45) is -1.10. The Morgan fingerprint density at radius 2 is 1.86 bits per heavy atom. The molecule has 0 bridgehead atoms. The molecule has 5 nitrogen and oxygen atoms in total. The summed E-state index contributed by atoms with van der Waals surface area (Å²) >= 11 is 0. The first-order valence-electron chi connectivity index (χ1n) is 6.68. The SMILES string of the molecule is Cc1cc(C)c(OC(=O)C(C)O[P+](=O)O)c(C(C)(C)C)c1. The lowest BCUT2D eigenvalue weighted by Crippen LogP contribution is -2.26. The van der Waals surface area contributed by atoms with Crippen LogP contribution in [0.5, 0.6) is 5.75 Å². The van der Waals surface area contributed by atoms with Gasteiger partial charge in [-0.3, -0.25) is 0 Å². The number of hydrogen-bond donors (Lipinski definition) is 1. The highest BCUT2D eigenvalue weighted by molar-refractivity contribution is 7.32. The average Bonchev–Trinajstić information content (AvgIpc) is 2.29. The number of rotatable bonds is 4. The molecule has 1 rings (SSSR count). The molecule has 0 heterocycles. The van der Waals surface area contributed by atoms with E-state index in [1.165, 1.54) is 6.92 Å². The Balaban J connectivity index is 3.13. The van der Waals surface area contributed by atoms with Crippen LogP contribution in [0.1, 0.15) is 44.4 Å². The summed E-state index contributed by atoms with van der Waals surface area (Å²) in [5.41, 5.74) is 2.64. The van der Waals surface area contributed by atoms with Crippen molar-refractivity contribution in [3.05, 3.63) is 28.8 Å². The van der Waals surface area contributed by atoms with E-state index in [1.807, 2.05) is 46.8 Å². The van der Waals surface area contributed by atoms with Gasteiger partial charge in [-0.2, -0.15) is 0 Å². The van der Waals surface area contributed by atoms with E-state index in [0.717, 1.165) is 16.7 Å². The topological polar surface area (TPSA) is 72.8 Å². The third-order valence-electron chi connectivity index (χ3n) is 3.01. The number of benzene rings is 1. The normalized spacial score (nSPS) is 13.8. The first-order chi connectivity index (χ1) is 9.52. The van der Waals surface area contributed by atoms with Gasteiger partial charge in [-0.15, -0.1) is 9.42 Å². The molecule has 0 aliphatic heterocycles. The van der Waals surface area contributed by atoms with Gasteiger partial charge in [0.15, 0.2) is 0 Å². The highest BCUT2D eigenvalue weighted by Crippen LogP contribution is 2.35. The molecular weight excluding hydrogens is 291 g/mol. The highest BCUT2D eigenvalue weighted by atomic mass is 31.1. The van der Waals surface area contributed by atoms with E-state index < -0.39 is 20.3 Å². The second-order valence-electron chi connectivity index (χ2n) is 6.12. The predicted octanol–water partition coefficient (Wildman–Crippen LogP) is 3.56. The van der Waals surface area contributed by atoms with Crippen LogP contribution >= 0.6 is 8.25 Å². The first-order valence-corrected chi connectivity index (χ1v) is 7.81. The number of hydrogen-bond acceptors (Lipinski definition) is 4. The average molecular weight is 313 g/mol. The second kappa shape index (κ2) is 6.65. The molecule has 1 aromatic carbocycles. The monoisotopic (exact) mass is 313 g/mol. The second-order valence-corrected chi connectivity index (χ2v) is 6.80. The van der Waals surface area contributed by atoms with Crippen molar-refractivity contribution in [1.29, 1.82) is 0 Å². The fourth-order valence-corrected chi connectivity index (χ4v) is 2.37. The van der Waals surface area contributed by atoms with Crippen molar-refractivity contribution >= 4 is 14.2 Å². The van der Waals surface area contributed by atoms with Crippen molar-refractivity contribution in [3.63, 3.8) is 0 Å². The van der Waals surface area contributed by atoms with E-state index >= 15 is 0 Å². The van der Waals surface area contributed by atoms with Crippen LogP contribution in [-0.2, 0) is 19.3 Å². The van der Waals surface area contributed by atoms with E-state index in [9.17, 15) is 9.36 Å². The molecule has 0 saturated carbocycles. The van der Waals surface area contributed by atoms with E-state index in [0.29, 0.717) is 5.75 Å². The van der Waals surface area contributed by atoms with E-state index in [4.69, 9.17) is 9.63 Å². The molecule has 0 aromatic heterocycles. The van der Waals surface area contributed by atoms with Gasteiger partial charge in [-0.25, -0.2) is 4.79 Å². The molecule has 0 saturated heterocycles. The van der Waals surface area contributed by atoms with Crippen LogP contribution in [0.3, 0.4) is 0 Å². The van der Waals surface area contributed by atoms with Gasteiger partial charge in [0.05, 0.1) is 0 Å².